The van der Waals surface area contributed by atoms with Crippen LogP contribution >= 0.6 is 11.3 Å². The molecule has 108 valence electrons. The number of rotatable bonds is 5. The van der Waals surface area contributed by atoms with Crippen LogP contribution in [0.15, 0.2) is 12.1 Å². The molecule has 0 aliphatic rings. The number of amides is 1. The summed E-state index contributed by atoms with van der Waals surface area (Å²) in [6.07, 6.45) is 0. The number of carbonyl (C=O) groups is 2. The normalized spacial score (nSPS) is 13.4. The SMILES string of the molecule is Cc1ccc(C(=O)OCC(=O)N[C@](C)(C#N)C(C)C)s1. The molecular formula is C14H18N2O3S. The molecule has 1 aromatic heterocycles. The molecule has 0 fully saturated rings. The molecule has 0 saturated carbocycles. The van der Waals surface area contributed by atoms with Gasteiger partial charge in [-0.25, -0.2) is 4.79 Å². The first kappa shape index (κ1) is 16.2. The third kappa shape index (κ3) is 4.07. The first-order valence-electron chi connectivity index (χ1n) is 6.24. The van der Waals surface area contributed by atoms with Gasteiger partial charge in [0.2, 0.25) is 0 Å². The molecule has 1 heterocycles. The number of nitrogens with one attached hydrogen (secondary N) is 1. The van der Waals surface area contributed by atoms with Gasteiger partial charge >= 0.3 is 5.97 Å². The molecule has 0 aliphatic carbocycles. The molecule has 1 rings (SSSR count). The minimum Gasteiger partial charge on any atom is -0.451 e. The lowest BCUT2D eigenvalue weighted by atomic mass is 9.90. The van der Waals surface area contributed by atoms with Crippen molar-refractivity contribution in [1.29, 1.82) is 5.26 Å². The highest BCUT2D eigenvalue weighted by molar-refractivity contribution is 7.13. The van der Waals surface area contributed by atoms with Gasteiger partial charge in [-0.15, -0.1) is 11.3 Å². The van der Waals surface area contributed by atoms with E-state index in [0.717, 1.165) is 4.88 Å². The standard InChI is InChI=1S/C14H18N2O3S/c1-9(2)14(4,8-15)16-12(17)7-19-13(18)11-6-5-10(3)20-11/h5-6,9H,7H2,1-4H3,(H,16,17)/t14-/m1/s1. The van der Waals surface area contributed by atoms with Crippen molar-refractivity contribution in [3.63, 3.8) is 0 Å². The smallest absolute Gasteiger partial charge is 0.348 e. The first-order chi connectivity index (χ1) is 9.28. The van der Waals surface area contributed by atoms with Gasteiger partial charge in [0.05, 0.1) is 6.07 Å². The summed E-state index contributed by atoms with van der Waals surface area (Å²) >= 11 is 1.31. The van der Waals surface area contributed by atoms with E-state index >= 15 is 0 Å². The molecular weight excluding hydrogens is 276 g/mol. The van der Waals surface area contributed by atoms with Gasteiger partial charge in [-0.05, 0) is 31.9 Å². The van der Waals surface area contributed by atoms with E-state index in [9.17, 15) is 9.59 Å². The van der Waals surface area contributed by atoms with Gasteiger partial charge in [0, 0.05) is 4.88 Å². The van der Waals surface area contributed by atoms with Gasteiger partial charge < -0.3 is 10.1 Å². The predicted molar refractivity (Wildman–Crippen MR) is 76.3 cm³/mol. The molecule has 0 aromatic carbocycles. The molecule has 0 bridgehead atoms. The van der Waals surface area contributed by atoms with E-state index in [2.05, 4.69) is 11.4 Å². The molecule has 1 N–H and O–H groups in total. The number of carbonyl (C=O) groups excluding carboxylic acids is 2. The summed E-state index contributed by atoms with van der Waals surface area (Å²) in [5.41, 5.74) is -0.969. The van der Waals surface area contributed by atoms with E-state index in [4.69, 9.17) is 10.00 Å². The van der Waals surface area contributed by atoms with Gasteiger partial charge in [0.15, 0.2) is 6.61 Å². The Labute approximate surface area is 122 Å². The van der Waals surface area contributed by atoms with Crippen molar-refractivity contribution < 1.29 is 14.3 Å². The highest BCUT2D eigenvalue weighted by Crippen LogP contribution is 2.17. The number of aryl methyl sites for hydroxylation is 1. The Balaban J connectivity index is 2.52. The number of hydrogen-bond acceptors (Lipinski definition) is 5. The number of ether oxygens (including phenoxy) is 1. The lowest BCUT2D eigenvalue weighted by Crippen LogP contribution is -2.50. The second-order valence-electron chi connectivity index (χ2n) is 5.00. The summed E-state index contributed by atoms with van der Waals surface area (Å²) in [5.74, 6) is -1.06. The second kappa shape index (κ2) is 6.53. The van der Waals surface area contributed by atoms with Gasteiger partial charge in [-0.1, -0.05) is 13.8 Å². The zero-order valence-electron chi connectivity index (χ0n) is 12.0. The minimum absolute atomic E-state index is 0.0490. The topological polar surface area (TPSA) is 79.2 Å². The molecule has 20 heavy (non-hydrogen) atoms. The fraction of sp³-hybridized carbons (Fsp3) is 0.500. The van der Waals surface area contributed by atoms with Crippen molar-refractivity contribution in [3.8, 4) is 6.07 Å². The van der Waals surface area contributed by atoms with Crippen LogP contribution in [0.1, 0.15) is 35.3 Å². The molecule has 0 saturated heterocycles. The van der Waals surface area contributed by atoms with E-state index in [-0.39, 0.29) is 12.5 Å². The number of nitrogens with zero attached hydrogens (tertiary/aromatic N) is 1. The highest BCUT2D eigenvalue weighted by atomic mass is 32.1. The summed E-state index contributed by atoms with van der Waals surface area (Å²) in [6, 6.07) is 5.53. The Hall–Kier alpha value is -1.87. The third-order valence-corrected chi connectivity index (χ3v) is 4.04. The number of thiophene rings is 1. The minimum atomic E-state index is -0.969. The fourth-order valence-corrected chi connectivity index (χ4v) is 2.13. The van der Waals surface area contributed by atoms with E-state index < -0.39 is 17.4 Å². The average molecular weight is 294 g/mol. The molecule has 0 radical (unpaired) electrons. The number of esters is 1. The van der Waals surface area contributed by atoms with E-state index in [1.165, 1.54) is 11.3 Å². The van der Waals surface area contributed by atoms with Crippen molar-refractivity contribution in [2.24, 2.45) is 5.92 Å². The van der Waals surface area contributed by atoms with Crippen molar-refractivity contribution in [1.82, 2.24) is 5.32 Å². The summed E-state index contributed by atoms with van der Waals surface area (Å²) in [7, 11) is 0. The van der Waals surface area contributed by atoms with Gasteiger partial charge in [0.1, 0.15) is 10.4 Å². The van der Waals surface area contributed by atoms with Gasteiger partial charge in [-0.2, -0.15) is 5.26 Å². The van der Waals surface area contributed by atoms with Crippen LogP contribution in [0.4, 0.5) is 0 Å². The molecule has 5 nitrogen and oxygen atoms in total. The van der Waals surface area contributed by atoms with Crippen molar-refractivity contribution >= 4 is 23.2 Å². The maximum Gasteiger partial charge on any atom is 0.348 e. The largest absolute Gasteiger partial charge is 0.451 e. The van der Waals surface area contributed by atoms with Crippen LogP contribution in [0.2, 0.25) is 0 Å². The third-order valence-electron chi connectivity index (χ3n) is 3.06. The van der Waals surface area contributed by atoms with Crippen LogP contribution in [-0.2, 0) is 9.53 Å². The lowest BCUT2D eigenvalue weighted by Gasteiger charge is -2.27. The molecule has 1 amide bonds. The fourth-order valence-electron chi connectivity index (χ4n) is 1.37. The maximum absolute atomic E-state index is 11.7. The predicted octanol–water partition coefficient (Wildman–Crippen LogP) is 2.27. The quantitative estimate of drug-likeness (QED) is 0.845. The van der Waals surface area contributed by atoms with Crippen LogP contribution in [0.3, 0.4) is 0 Å². The Morgan fingerprint density at radius 3 is 2.60 bits per heavy atom. The Morgan fingerprint density at radius 2 is 2.15 bits per heavy atom. The average Bonchev–Trinajstić information content (AvgIpc) is 2.82. The summed E-state index contributed by atoms with van der Waals surface area (Å²) < 4.78 is 4.92. The second-order valence-corrected chi connectivity index (χ2v) is 6.29. The van der Waals surface area contributed by atoms with Crippen molar-refractivity contribution in [2.45, 2.75) is 33.2 Å². The number of hydrogen-bond donors (Lipinski definition) is 1. The Kier molecular flexibility index (Phi) is 5.28. The van der Waals surface area contributed by atoms with Gasteiger partial charge in [0.25, 0.3) is 5.91 Å². The highest BCUT2D eigenvalue weighted by Gasteiger charge is 2.30. The molecule has 1 aromatic rings. The van der Waals surface area contributed by atoms with Crippen molar-refractivity contribution in [3.05, 3.63) is 21.9 Å². The summed E-state index contributed by atoms with van der Waals surface area (Å²) in [5, 5.41) is 11.7. The van der Waals surface area contributed by atoms with E-state index in [1.54, 1.807) is 13.0 Å². The van der Waals surface area contributed by atoms with Crippen LogP contribution in [-0.4, -0.2) is 24.0 Å². The van der Waals surface area contributed by atoms with Crippen LogP contribution < -0.4 is 5.32 Å². The summed E-state index contributed by atoms with van der Waals surface area (Å²) in [4.78, 5) is 24.9. The molecule has 0 spiro atoms. The monoisotopic (exact) mass is 294 g/mol. The summed E-state index contributed by atoms with van der Waals surface area (Å²) in [6.45, 7) is 6.81. The zero-order valence-corrected chi connectivity index (χ0v) is 12.8. The zero-order chi connectivity index (χ0) is 15.3. The molecule has 1 atom stereocenters. The maximum atomic E-state index is 11.7. The van der Waals surface area contributed by atoms with Crippen LogP contribution in [0.5, 0.6) is 0 Å². The number of nitriles is 1. The van der Waals surface area contributed by atoms with Gasteiger partial charge in [-0.3, -0.25) is 4.79 Å². The van der Waals surface area contributed by atoms with Crippen molar-refractivity contribution in [2.75, 3.05) is 6.61 Å². The Morgan fingerprint density at radius 1 is 1.50 bits per heavy atom. The first-order valence-corrected chi connectivity index (χ1v) is 7.06. The lowest BCUT2D eigenvalue weighted by molar-refractivity contribution is -0.125. The van der Waals surface area contributed by atoms with Crippen LogP contribution in [0, 0.1) is 24.2 Å². The van der Waals surface area contributed by atoms with Crippen LogP contribution in [0.25, 0.3) is 0 Å². The molecule has 6 heteroatoms. The van der Waals surface area contributed by atoms with E-state index in [1.807, 2.05) is 26.8 Å². The molecule has 0 aliphatic heterocycles. The van der Waals surface area contributed by atoms with E-state index in [0.29, 0.717) is 4.88 Å². The molecule has 0 unspecified atom stereocenters. The Bertz CT molecular complexity index is 545.